The topological polar surface area (TPSA) is 74.7 Å². The van der Waals surface area contributed by atoms with E-state index in [1.165, 1.54) is 16.4 Å². The van der Waals surface area contributed by atoms with Gasteiger partial charge >= 0.3 is 5.97 Å². The fourth-order valence-electron chi connectivity index (χ4n) is 3.56. The summed E-state index contributed by atoms with van der Waals surface area (Å²) in [5.41, 5.74) is 1.86. The molecule has 4 aromatic carbocycles. The second-order valence-electron chi connectivity index (χ2n) is 7.33. The molecule has 0 spiro atoms. The van der Waals surface area contributed by atoms with Crippen molar-refractivity contribution in [3.63, 3.8) is 0 Å². The summed E-state index contributed by atoms with van der Waals surface area (Å²) in [4.78, 5) is 11.2. The van der Waals surface area contributed by atoms with Crippen LogP contribution < -0.4 is 4.31 Å². The van der Waals surface area contributed by atoms with Gasteiger partial charge in [0, 0.05) is 17.7 Å². The third-order valence-electron chi connectivity index (χ3n) is 5.24. The molecule has 4 rings (SSSR count). The maximum Gasteiger partial charge on any atom is 0.335 e. The molecular weight excluding hydrogens is 434 g/mol. The van der Waals surface area contributed by atoms with E-state index in [1.807, 2.05) is 30.3 Å². The molecule has 0 fully saturated rings. The van der Waals surface area contributed by atoms with Crippen LogP contribution in [0.1, 0.15) is 28.4 Å². The predicted octanol–water partition coefficient (Wildman–Crippen LogP) is 5.15. The smallest absolute Gasteiger partial charge is 0.335 e. The van der Waals surface area contributed by atoms with Gasteiger partial charge in [0.05, 0.1) is 16.1 Å². The number of anilines is 1. The van der Waals surface area contributed by atoms with Gasteiger partial charge in [-0.3, -0.25) is 4.31 Å². The minimum absolute atomic E-state index is 0.180. The average Bonchev–Trinajstić information content (AvgIpc) is 2.83. The number of carboxylic acid groups (broad SMARTS) is 1. The molecule has 0 aliphatic heterocycles. The number of nitrogens with zero attached hydrogens (tertiary/aromatic N) is 1. The van der Waals surface area contributed by atoms with E-state index in [-0.39, 0.29) is 17.0 Å². The number of hydrogen-bond acceptors (Lipinski definition) is 3. The zero-order valence-electron chi connectivity index (χ0n) is 17.9. The van der Waals surface area contributed by atoms with E-state index in [9.17, 15) is 13.2 Å². The Balaban J connectivity index is 1.73. The van der Waals surface area contributed by atoms with Gasteiger partial charge in [-0.05, 0) is 66.2 Å². The normalized spacial score (nSPS) is 10.9. The highest BCUT2D eigenvalue weighted by Gasteiger charge is 2.25. The molecule has 0 saturated heterocycles. The summed E-state index contributed by atoms with van der Waals surface area (Å²) in [5, 5.41) is 10.9. The van der Waals surface area contributed by atoms with Crippen molar-refractivity contribution in [2.24, 2.45) is 0 Å². The molecule has 6 heteroatoms. The fourth-order valence-corrected chi connectivity index (χ4v) is 5.09. The molecule has 0 aliphatic carbocycles. The van der Waals surface area contributed by atoms with Gasteiger partial charge in [0.1, 0.15) is 0 Å². The zero-order valence-corrected chi connectivity index (χ0v) is 18.7. The Morgan fingerprint density at radius 2 is 1.52 bits per heavy atom. The van der Waals surface area contributed by atoms with Gasteiger partial charge in [0.15, 0.2) is 0 Å². The molecule has 0 bridgehead atoms. The second kappa shape index (κ2) is 9.19. The molecule has 0 heterocycles. The van der Waals surface area contributed by atoms with Gasteiger partial charge in [0.2, 0.25) is 0 Å². The summed E-state index contributed by atoms with van der Waals surface area (Å²) in [6.45, 7) is 2.02. The van der Waals surface area contributed by atoms with Gasteiger partial charge in [-0.15, -0.1) is 0 Å². The summed E-state index contributed by atoms with van der Waals surface area (Å²) in [5.74, 6) is 5.04. The quantitative estimate of drug-likeness (QED) is 0.422. The lowest BCUT2D eigenvalue weighted by Gasteiger charge is -2.24. The Labute approximate surface area is 193 Å². The molecule has 0 saturated carbocycles. The SMILES string of the molecule is CCN(c1ccccc1C#Cc1ccc(C(=O)O)cc1)S(=O)(=O)c1ccc2ccccc2c1. The van der Waals surface area contributed by atoms with Crippen LogP contribution in [0, 0.1) is 11.8 Å². The maximum absolute atomic E-state index is 13.6. The summed E-state index contributed by atoms with van der Waals surface area (Å²) in [6.07, 6.45) is 0. The molecule has 164 valence electrons. The Bertz CT molecular complexity index is 1500. The number of hydrogen-bond donors (Lipinski definition) is 1. The van der Waals surface area contributed by atoms with Crippen molar-refractivity contribution < 1.29 is 18.3 Å². The van der Waals surface area contributed by atoms with Crippen molar-refractivity contribution in [2.45, 2.75) is 11.8 Å². The number of fused-ring (bicyclic) bond motifs is 1. The lowest BCUT2D eigenvalue weighted by atomic mass is 10.1. The standard InChI is InChI=1S/C27H21NO4S/c1-2-28(33(31,32)25-18-17-21-7-3-4-9-24(21)19-25)26-10-6-5-8-22(26)14-11-20-12-15-23(16-13-20)27(29)30/h3-10,12-13,15-19H,2H2,1H3,(H,29,30). The molecule has 5 nitrogen and oxygen atoms in total. The van der Waals surface area contributed by atoms with Gasteiger partial charge in [0.25, 0.3) is 10.0 Å². The minimum atomic E-state index is -3.82. The molecule has 0 unspecified atom stereocenters. The maximum atomic E-state index is 13.6. The molecular formula is C27H21NO4S. The molecule has 4 aromatic rings. The molecule has 1 N–H and O–H groups in total. The molecule has 33 heavy (non-hydrogen) atoms. The van der Waals surface area contributed by atoms with E-state index < -0.39 is 16.0 Å². The van der Waals surface area contributed by atoms with Crippen LogP contribution in [0.2, 0.25) is 0 Å². The molecule has 0 amide bonds. The van der Waals surface area contributed by atoms with Gasteiger partial charge in [-0.2, -0.15) is 0 Å². The molecule has 0 radical (unpaired) electrons. The first-order chi connectivity index (χ1) is 15.9. The Hall–Kier alpha value is -4.08. The van der Waals surface area contributed by atoms with E-state index in [2.05, 4.69) is 11.8 Å². The van der Waals surface area contributed by atoms with Crippen molar-refractivity contribution >= 4 is 32.5 Å². The van der Waals surface area contributed by atoms with E-state index in [4.69, 9.17) is 5.11 Å². The van der Waals surface area contributed by atoms with E-state index >= 15 is 0 Å². The van der Waals surface area contributed by atoms with Crippen molar-refractivity contribution in [2.75, 3.05) is 10.8 Å². The molecule has 0 aliphatic rings. The third kappa shape index (κ3) is 4.59. The van der Waals surface area contributed by atoms with Crippen LogP contribution in [-0.4, -0.2) is 26.0 Å². The van der Waals surface area contributed by atoms with Crippen LogP contribution in [0.5, 0.6) is 0 Å². The number of carbonyl (C=O) groups is 1. The fraction of sp³-hybridized carbons (Fsp3) is 0.0741. The summed E-state index contributed by atoms with van der Waals surface area (Å²) < 4.78 is 28.5. The predicted molar refractivity (Wildman–Crippen MR) is 130 cm³/mol. The molecule has 0 atom stereocenters. The van der Waals surface area contributed by atoms with E-state index in [1.54, 1.807) is 55.5 Å². The average molecular weight is 456 g/mol. The van der Waals surface area contributed by atoms with Crippen LogP contribution in [0.3, 0.4) is 0 Å². The number of aromatic carboxylic acids is 1. The highest BCUT2D eigenvalue weighted by molar-refractivity contribution is 7.92. The van der Waals surface area contributed by atoms with Crippen molar-refractivity contribution in [3.05, 3.63) is 108 Å². The Morgan fingerprint density at radius 1 is 0.848 bits per heavy atom. The number of carboxylic acids is 1. The third-order valence-corrected chi connectivity index (χ3v) is 7.13. The van der Waals surface area contributed by atoms with Crippen molar-refractivity contribution in [1.29, 1.82) is 0 Å². The van der Waals surface area contributed by atoms with Crippen LogP contribution in [0.25, 0.3) is 10.8 Å². The van der Waals surface area contributed by atoms with Gasteiger partial charge in [-0.25, -0.2) is 13.2 Å². The Kier molecular flexibility index (Phi) is 6.16. The number of sulfonamides is 1. The first kappa shape index (κ1) is 22.1. The summed E-state index contributed by atoms with van der Waals surface area (Å²) >= 11 is 0. The first-order valence-corrected chi connectivity index (χ1v) is 11.8. The largest absolute Gasteiger partial charge is 0.478 e. The number of para-hydroxylation sites is 1. The van der Waals surface area contributed by atoms with Gasteiger partial charge in [-0.1, -0.05) is 54.3 Å². The lowest BCUT2D eigenvalue weighted by Crippen LogP contribution is -2.31. The Morgan fingerprint density at radius 3 is 2.21 bits per heavy atom. The van der Waals surface area contributed by atoms with E-state index in [0.717, 1.165) is 10.8 Å². The monoisotopic (exact) mass is 455 g/mol. The molecule has 0 aromatic heterocycles. The zero-order chi connectivity index (χ0) is 23.4. The van der Waals surface area contributed by atoms with Crippen molar-refractivity contribution in [3.8, 4) is 11.8 Å². The number of rotatable bonds is 5. The summed E-state index contributed by atoms with van der Waals surface area (Å²) in [7, 11) is -3.82. The van der Waals surface area contributed by atoms with Gasteiger partial charge < -0.3 is 5.11 Å². The van der Waals surface area contributed by atoms with Crippen LogP contribution in [-0.2, 0) is 10.0 Å². The second-order valence-corrected chi connectivity index (χ2v) is 9.19. The van der Waals surface area contributed by atoms with E-state index in [0.29, 0.717) is 16.8 Å². The highest BCUT2D eigenvalue weighted by Crippen LogP contribution is 2.28. The lowest BCUT2D eigenvalue weighted by molar-refractivity contribution is 0.0697. The minimum Gasteiger partial charge on any atom is -0.478 e. The highest BCUT2D eigenvalue weighted by atomic mass is 32.2. The van der Waals surface area contributed by atoms with Crippen LogP contribution in [0.15, 0.2) is 95.9 Å². The number of benzene rings is 4. The summed E-state index contributed by atoms with van der Waals surface area (Å²) in [6, 6.07) is 26.1. The first-order valence-electron chi connectivity index (χ1n) is 10.4. The van der Waals surface area contributed by atoms with Crippen molar-refractivity contribution in [1.82, 2.24) is 0 Å². The van der Waals surface area contributed by atoms with Crippen LogP contribution in [0.4, 0.5) is 5.69 Å². The van der Waals surface area contributed by atoms with Crippen LogP contribution >= 0.6 is 0 Å².